The molecule has 26 heavy (non-hydrogen) atoms. The van der Waals surface area contributed by atoms with E-state index in [-0.39, 0.29) is 30.8 Å². The summed E-state index contributed by atoms with van der Waals surface area (Å²) in [5.74, 6) is -0.500. The Balaban J connectivity index is 1.71. The van der Waals surface area contributed by atoms with Crippen molar-refractivity contribution in [2.24, 2.45) is 0 Å². The molecule has 2 unspecified atom stereocenters. The van der Waals surface area contributed by atoms with E-state index in [1.54, 1.807) is 26.0 Å². The molecule has 1 saturated heterocycles. The fraction of sp³-hybridized carbons (Fsp3) is 0.316. The van der Waals surface area contributed by atoms with E-state index in [0.29, 0.717) is 5.76 Å². The van der Waals surface area contributed by atoms with Crippen LogP contribution in [0.25, 0.3) is 0 Å². The molecule has 3 rings (SSSR count). The van der Waals surface area contributed by atoms with Crippen molar-refractivity contribution in [1.29, 1.82) is 0 Å². The number of rotatable bonds is 5. The quantitative estimate of drug-likeness (QED) is 0.756. The van der Waals surface area contributed by atoms with Gasteiger partial charge in [0.1, 0.15) is 12.3 Å². The van der Waals surface area contributed by atoms with Crippen LogP contribution in [0.5, 0.6) is 0 Å². The fourth-order valence-corrected chi connectivity index (χ4v) is 3.39. The van der Waals surface area contributed by atoms with Gasteiger partial charge in [-0.1, -0.05) is 28.1 Å². The number of nitrogens with zero attached hydrogens (tertiary/aromatic N) is 1. The Morgan fingerprint density at radius 1 is 1.31 bits per heavy atom. The van der Waals surface area contributed by atoms with Gasteiger partial charge in [0.25, 0.3) is 0 Å². The third kappa shape index (κ3) is 3.44. The van der Waals surface area contributed by atoms with Crippen molar-refractivity contribution in [3.63, 3.8) is 0 Å². The zero-order valence-corrected chi connectivity index (χ0v) is 16.1. The molecule has 3 amide bonds. The van der Waals surface area contributed by atoms with E-state index >= 15 is 0 Å². The normalized spacial score (nSPS) is 21.1. The molecular formula is C19H19BrN2O4. The lowest BCUT2D eigenvalue weighted by Gasteiger charge is -2.23. The van der Waals surface area contributed by atoms with Crippen molar-refractivity contribution in [3.05, 3.63) is 58.5 Å². The molecule has 1 aliphatic rings. The molecule has 0 saturated carbocycles. The molecule has 136 valence electrons. The van der Waals surface area contributed by atoms with E-state index in [1.165, 1.54) is 6.26 Å². The highest BCUT2D eigenvalue weighted by atomic mass is 79.9. The average Bonchev–Trinajstić information content (AvgIpc) is 3.20. The van der Waals surface area contributed by atoms with Gasteiger partial charge in [0.15, 0.2) is 0 Å². The Bertz CT molecular complexity index is 832. The van der Waals surface area contributed by atoms with E-state index in [9.17, 15) is 14.4 Å². The minimum atomic E-state index is -0.954. The second-order valence-corrected chi connectivity index (χ2v) is 7.52. The van der Waals surface area contributed by atoms with Gasteiger partial charge in [0.05, 0.1) is 17.7 Å². The lowest BCUT2D eigenvalue weighted by Crippen LogP contribution is -2.43. The predicted octanol–water partition coefficient (Wildman–Crippen LogP) is 2.94. The number of imide groups is 1. The highest BCUT2D eigenvalue weighted by Gasteiger charge is 2.49. The van der Waals surface area contributed by atoms with Crippen molar-refractivity contribution >= 4 is 33.7 Å². The van der Waals surface area contributed by atoms with Gasteiger partial charge in [-0.25, -0.2) is 0 Å². The number of nitrogens with one attached hydrogen (secondary N) is 1. The van der Waals surface area contributed by atoms with Crippen LogP contribution in [-0.4, -0.2) is 29.2 Å². The number of halogens is 1. The lowest BCUT2D eigenvalue weighted by atomic mass is 9.81. The summed E-state index contributed by atoms with van der Waals surface area (Å²) in [6, 6.07) is 10.4. The molecular weight excluding hydrogens is 400 g/mol. The largest absolute Gasteiger partial charge is 0.467 e. The maximum Gasteiger partial charge on any atom is 0.240 e. The van der Waals surface area contributed by atoms with Gasteiger partial charge >= 0.3 is 0 Å². The summed E-state index contributed by atoms with van der Waals surface area (Å²) in [4.78, 5) is 38.6. The number of furan rings is 1. The van der Waals surface area contributed by atoms with E-state index in [2.05, 4.69) is 21.2 Å². The Kier molecular flexibility index (Phi) is 5.00. The van der Waals surface area contributed by atoms with Crippen LogP contribution in [-0.2, 0) is 19.8 Å². The minimum absolute atomic E-state index is 0.0501. The first kappa shape index (κ1) is 18.4. The average molecular weight is 419 g/mol. The number of hydrogen-bond donors (Lipinski definition) is 1. The number of hydrogen-bond acceptors (Lipinski definition) is 4. The van der Waals surface area contributed by atoms with Gasteiger partial charge in [0, 0.05) is 10.9 Å². The maximum absolute atomic E-state index is 12.9. The summed E-state index contributed by atoms with van der Waals surface area (Å²) in [5, 5.41) is 2.74. The van der Waals surface area contributed by atoms with Crippen LogP contribution in [0.2, 0.25) is 0 Å². The van der Waals surface area contributed by atoms with Gasteiger partial charge < -0.3 is 9.73 Å². The van der Waals surface area contributed by atoms with Crippen LogP contribution in [0.1, 0.15) is 37.6 Å². The third-order valence-corrected chi connectivity index (χ3v) is 5.18. The van der Waals surface area contributed by atoms with Crippen molar-refractivity contribution in [3.8, 4) is 0 Å². The SMILES string of the molecule is CC(NC(=O)CN1C(=O)CC(C)(c2ccc(Br)cc2)C1=O)c1ccco1. The van der Waals surface area contributed by atoms with Gasteiger partial charge in [-0.05, 0) is 43.7 Å². The molecule has 2 heterocycles. The number of likely N-dealkylation sites (tertiary alicyclic amines) is 1. The maximum atomic E-state index is 12.9. The molecule has 1 aromatic carbocycles. The molecule has 7 heteroatoms. The zero-order valence-electron chi connectivity index (χ0n) is 14.5. The van der Waals surface area contributed by atoms with Crippen LogP contribution in [0.3, 0.4) is 0 Å². The molecule has 2 aromatic rings. The van der Waals surface area contributed by atoms with E-state index in [0.717, 1.165) is 14.9 Å². The van der Waals surface area contributed by atoms with Gasteiger partial charge in [-0.15, -0.1) is 0 Å². The smallest absolute Gasteiger partial charge is 0.240 e. The van der Waals surface area contributed by atoms with Gasteiger partial charge in [-0.2, -0.15) is 0 Å². The zero-order chi connectivity index (χ0) is 18.9. The van der Waals surface area contributed by atoms with Crippen LogP contribution >= 0.6 is 15.9 Å². The second kappa shape index (κ2) is 7.07. The van der Waals surface area contributed by atoms with Crippen LogP contribution in [0.4, 0.5) is 0 Å². The summed E-state index contributed by atoms with van der Waals surface area (Å²) in [6.07, 6.45) is 1.57. The number of carbonyl (C=O) groups excluding carboxylic acids is 3. The van der Waals surface area contributed by atoms with Crippen LogP contribution in [0, 0.1) is 0 Å². The fourth-order valence-electron chi connectivity index (χ4n) is 3.13. The highest BCUT2D eigenvalue weighted by molar-refractivity contribution is 9.10. The Labute approximate surface area is 159 Å². The van der Waals surface area contributed by atoms with Crippen molar-refractivity contribution in [1.82, 2.24) is 10.2 Å². The van der Waals surface area contributed by atoms with Gasteiger partial charge in [0.2, 0.25) is 17.7 Å². The molecule has 2 atom stereocenters. The first-order chi connectivity index (χ1) is 12.3. The number of carbonyl (C=O) groups is 3. The monoisotopic (exact) mass is 418 g/mol. The molecule has 1 N–H and O–H groups in total. The Hall–Kier alpha value is -2.41. The lowest BCUT2D eigenvalue weighted by molar-refractivity contribution is -0.143. The molecule has 6 nitrogen and oxygen atoms in total. The molecule has 1 fully saturated rings. The standard InChI is InChI=1S/C19H19BrN2O4/c1-12(15-4-3-9-26-15)21-16(23)11-22-17(24)10-19(2,18(22)25)13-5-7-14(20)8-6-13/h3-9,12H,10-11H2,1-2H3,(H,21,23). The summed E-state index contributed by atoms with van der Waals surface area (Å²) < 4.78 is 6.14. The molecule has 0 bridgehead atoms. The molecule has 0 spiro atoms. The van der Waals surface area contributed by atoms with E-state index in [1.807, 2.05) is 24.3 Å². The number of amides is 3. The van der Waals surface area contributed by atoms with Gasteiger partial charge in [-0.3, -0.25) is 19.3 Å². The number of benzene rings is 1. The highest BCUT2D eigenvalue weighted by Crippen LogP contribution is 2.36. The van der Waals surface area contributed by atoms with Crippen molar-refractivity contribution in [2.45, 2.75) is 31.7 Å². The second-order valence-electron chi connectivity index (χ2n) is 6.61. The molecule has 0 aliphatic carbocycles. The summed E-state index contributed by atoms with van der Waals surface area (Å²) in [6.45, 7) is 3.21. The van der Waals surface area contributed by atoms with E-state index < -0.39 is 11.3 Å². The summed E-state index contributed by atoms with van der Waals surface area (Å²) in [7, 11) is 0. The third-order valence-electron chi connectivity index (χ3n) is 4.65. The molecule has 1 aromatic heterocycles. The Morgan fingerprint density at radius 2 is 2.00 bits per heavy atom. The first-order valence-electron chi connectivity index (χ1n) is 8.25. The summed E-state index contributed by atoms with van der Waals surface area (Å²) in [5.41, 5.74) is -0.198. The van der Waals surface area contributed by atoms with Crippen molar-refractivity contribution < 1.29 is 18.8 Å². The first-order valence-corrected chi connectivity index (χ1v) is 9.04. The Morgan fingerprint density at radius 3 is 2.62 bits per heavy atom. The topological polar surface area (TPSA) is 79.6 Å². The molecule has 0 radical (unpaired) electrons. The van der Waals surface area contributed by atoms with Crippen LogP contribution < -0.4 is 5.32 Å². The predicted molar refractivity (Wildman–Crippen MR) is 98.1 cm³/mol. The van der Waals surface area contributed by atoms with Crippen LogP contribution in [0.15, 0.2) is 51.6 Å². The van der Waals surface area contributed by atoms with E-state index in [4.69, 9.17) is 4.42 Å². The van der Waals surface area contributed by atoms with Crippen molar-refractivity contribution in [2.75, 3.05) is 6.54 Å². The molecule has 1 aliphatic heterocycles. The summed E-state index contributed by atoms with van der Waals surface area (Å²) >= 11 is 3.36. The minimum Gasteiger partial charge on any atom is -0.467 e.